The second kappa shape index (κ2) is 6.16. The van der Waals surface area contributed by atoms with Crippen LogP contribution in [0.25, 0.3) is 11.3 Å². The van der Waals surface area contributed by atoms with Gasteiger partial charge in [-0.1, -0.05) is 12.1 Å². The van der Waals surface area contributed by atoms with Crippen molar-refractivity contribution in [3.8, 4) is 17.0 Å². The molecule has 0 saturated heterocycles. The maximum absolute atomic E-state index is 13.2. The number of amides is 1. The Labute approximate surface area is 157 Å². The maximum atomic E-state index is 13.2. The quantitative estimate of drug-likeness (QED) is 0.742. The molecule has 1 fully saturated rings. The van der Waals surface area contributed by atoms with Crippen LogP contribution in [-0.4, -0.2) is 34.2 Å². The number of aromatic nitrogens is 2. The van der Waals surface area contributed by atoms with Crippen LogP contribution in [0.2, 0.25) is 0 Å². The highest BCUT2D eigenvalue weighted by Gasteiger charge is 2.43. The lowest BCUT2D eigenvalue weighted by molar-refractivity contribution is 0.0667. The van der Waals surface area contributed by atoms with E-state index >= 15 is 0 Å². The molecule has 0 unspecified atom stereocenters. The van der Waals surface area contributed by atoms with E-state index in [2.05, 4.69) is 15.5 Å². The number of aromatic amines is 1. The van der Waals surface area contributed by atoms with E-state index in [1.807, 2.05) is 59.6 Å². The summed E-state index contributed by atoms with van der Waals surface area (Å²) in [5.74, 6) is 0.887. The normalized spacial score (nSPS) is 18.8. The standard InChI is InChI=1S/C21H20N4O2/c1-27-15-10-6-13(7-11-15)19-17(12-22-24-19)20-23-18-5-3-2-4-16(18)21(26)25(20)14-8-9-14/h2-7,10-12,14,20,23H,8-9H2,1H3,(H,22,24)/t20-/m0/s1. The van der Waals surface area contributed by atoms with E-state index in [1.165, 1.54) is 0 Å². The first-order valence-electron chi connectivity index (χ1n) is 9.12. The summed E-state index contributed by atoms with van der Waals surface area (Å²) in [4.78, 5) is 15.1. The van der Waals surface area contributed by atoms with Gasteiger partial charge in [-0.15, -0.1) is 0 Å². The molecule has 1 amide bonds. The minimum atomic E-state index is -0.240. The highest BCUT2D eigenvalue weighted by Crippen LogP contribution is 2.42. The van der Waals surface area contributed by atoms with E-state index in [9.17, 15) is 4.79 Å². The van der Waals surface area contributed by atoms with E-state index in [0.717, 1.165) is 46.7 Å². The molecule has 6 heteroatoms. The van der Waals surface area contributed by atoms with Gasteiger partial charge < -0.3 is 15.0 Å². The van der Waals surface area contributed by atoms with Gasteiger partial charge in [0, 0.05) is 22.9 Å². The number of carbonyl (C=O) groups excluding carboxylic acids is 1. The third-order valence-corrected chi connectivity index (χ3v) is 5.24. The van der Waals surface area contributed by atoms with Crippen molar-refractivity contribution in [2.45, 2.75) is 25.0 Å². The molecular weight excluding hydrogens is 340 g/mol. The highest BCUT2D eigenvalue weighted by molar-refractivity contribution is 6.02. The molecule has 0 bridgehead atoms. The lowest BCUT2D eigenvalue weighted by Gasteiger charge is -2.38. The number of benzene rings is 2. The first-order valence-corrected chi connectivity index (χ1v) is 9.12. The van der Waals surface area contributed by atoms with Crippen LogP contribution >= 0.6 is 0 Å². The van der Waals surface area contributed by atoms with Crippen molar-refractivity contribution in [2.24, 2.45) is 0 Å². The summed E-state index contributed by atoms with van der Waals surface area (Å²) in [6.45, 7) is 0. The molecule has 136 valence electrons. The SMILES string of the molecule is COc1ccc(-c2[nH]ncc2[C@H]2Nc3ccccc3C(=O)N2C2CC2)cc1. The summed E-state index contributed by atoms with van der Waals surface area (Å²) in [5.41, 5.74) is 4.48. The molecule has 6 nitrogen and oxygen atoms in total. The number of H-pyrrole nitrogens is 1. The lowest BCUT2D eigenvalue weighted by atomic mass is 10.0. The molecule has 0 spiro atoms. The number of hydrogen-bond donors (Lipinski definition) is 2. The Bertz CT molecular complexity index is 991. The van der Waals surface area contributed by atoms with Gasteiger partial charge in [-0.3, -0.25) is 9.89 Å². The Balaban J connectivity index is 1.58. The fraction of sp³-hybridized carbons (Fsp3) is 0.238. The molecule has 0 radical (unpaired) electrons. The Morgan fingerprint density at radius 1 is 1.11 bits per heavy atom. The van der Waals surface area contributed by atoms with Gasteiger partial charge in [-0.25, -0.2) is 0 Å². The second-order valence-corrected chi connectivity index (χ2v) is 6.96. The Kier molecular flexibility index (Phi) is 3.63. The van der Waals surface area contributed by atoms with E-state index < -0.39 is 0 Å². The monoisotopic (exact) mass is 360 g/mol. The summed E-state index contributed by atoms with van der Waals surface area (Å²) in [6.07, 6.45) is 3.66. The summed E-state index contributed by atoms with van der Waals surface area (Å²) < 4.78 is 5.25. The van der Waals surface area contributed by atoms with E-state index in [4.69, 9.17) is 4.74 Å². The fourth-order valence-electron chi connectivity index (χ4n) is 3.72. The van der Waals surface area contributed by atoms with Crippen LogP contribution in [-0.2, 0) is 0 Å². The van der Waals surface area contributed by atoms with Gasteiger partial charge in [0.25, 0.3) is 5.91 Å². The number of para-hydroxylation sites is 1. The van der Waals surface area contributed by atoms with Crippen molar-refractivity contribution in [3.63, 3.8) is 0 Å². The minimum absolute atomic E-state index is 0.0822. The third-order valence-electron chi connectivity index (χ3n) is 5.24. The number of anilines is 1. The van der Waals surface area contributed by atoms with Gasteiger partial charge in [-0.05, 0) is 49.2 Å². The van der Waals surface area contributed by atoms with Gasteiger partial charge in [0.05, 0.1) is 24.6 Å². The first kappa shape index (κ1) is 15.9. The number of nitrogens with one attached hydrogen (secondary N) is 2. The third kappa shape index (κ3) is 2.65. The fourth-order valence-corrected chi connectivity index (χ4v) is 3.72. The predicted molar refractivity (Wildman–Crippen MR) is 103 cm³/mol. The van der Waals surface area contributed by atoms with Crippen LogP contribution in [0.15, 0.2) is 54.7 Å². The Morgan fingerprint density at radius 3 is 2.63 bits per heavy atom. The van der Waals surface area contributed by atoms with Gasteiger partial charge in [-0.2, -0.15) is 5.10 Å². The van der Waals surface area contributed by atoms with Crippen LogP contribution in [0.3, 0.4) is 0 Å². The number of rotatable bonds is 4. The number of hydrogen-bond acceptors (Lipinski definition) is 4. The van der Waals surface area contributed by atoms with Crippen molar-refractivity contribution < 1.29 is 9.53 Å². The molecule has 2 aromatic carbocycles. The summed E-state index contributed by atoms with van der Waals surface area (Å²) in [6, 6.07) is 15.8. The zero-order chi connectivity index (χ0) is 18.4. The average Bonchev–Trinajstić information content (AvgIpc) is 3.43. The number of methoxy groups -OCH3 is 1. The molecule has 27 heavy (non-hydrogen) atoms. The molecule has 2 aliphatic rings. The molecule has 1 aliphatic carbocycles. The van der Waals surface area contributed by atoms with Crippen molar-refractivity contribution in [3.05, 3.63) is 65.9 Å². The number of nitrogens with zero attached hydrogens (tertiary/aromatic N) is 2. The number of carbonyl (C=O) groups is 1. The molecule has 2 N–H and O–H groups in total. The second-order valence-electron chi connectivity index (χ2n) is 6.96. The average molecular weight is 360 g/mol. The van der Waals surface area contributed by atoms with Gasteiger partial charge in [0.2, 0.25) is 0 Å². The summed E-state index contributed by atoms with van der Waals surface area (Å²) in [7, 11) is 1.65. The largest absolute Gasteiger partial charge is 0.497 e. The molecule has 3 aromatic rings. The van der Waals surface area contributed by atoms with E-state index in [-0.39, 0.29) is 18.1 Å². The zero-order valence-electron chi connectivity index (χ0n) is 15.0. The van der Waals surface area contributed by atoms with Crippen LogP contribution < -0.4 is 10.1 Å². The van der Waals surface area contributed by atoms with Crippen molar-refractivity contribution in [2.75, 3.05) is 12.4 Å². The zero-order valence-corrected chi connectivity index (χ0v) is 15.0. The molecular formula is C21H20N4O2. The minimum Gasteiger partial charge on any atom is -0.497 e. The highest BCUT2D eigenvalue weighted by atomic mass is 16.5. The lowest BCUT2D eigenvalue weighted by Crippen LogP contribution is -2.44. The molecule has 1 aliphatic heterocycles. The van der Waals surface area contributed by atoms with Crippen LogP contribution in [0.4, 0.5) is 5.69 Å². The van der Waals surface area contributed by atoms with E-state index in [0.29, 0.717) is 0 Å². The summed E-state index contributed by atoms with van der Waals surface area (Å²) >= 11 is 0. The van der Waals surface area contributed by atoms with Crippen LogP contribution in [0.1, 0.15) is 34.9 Å². The first-order chi connectivity index (χ1) is 13.3. The molecule has 1 atom stereocenters. The van der Waals surface area contributed by atoms with Crippen LogP contribution in [0.5, 0.6) is 5.75 Å². The topological polar surface area (TPSA) is 70.2 Å². The van der Waals surface area contributed by atoms with Gasteiger partial charge in [0.15, 0.2) is 0 Å². The van der Waals surface area contributed by atoms with Gasteiger partial charge in [0.1, 0.15) is 11.9 Å². The molecule has 2 heterocycles. The van der Waals surface area contributed by atoms with E-state index in [1.54, 1.807) is 7.11 Å². The molecule has 1 aromatic heterocycles. The maximum Gasteiger partial charge on any atom is 0.258 e. The number of fused-ring (bicyclic) bond motifs is 1. The molecule has 1 saturated carbocycles. The number of ether oxygens (including phenoxy) is 1. The summed E-state index contributed by atoms with van der Waals surface area (Å²) in [5, 5.41) is 10.9. The smallest absolute Gasteiger partial charge is 0.258 e. The Hall–Kier alpha value is -3.28. The van der Waals surface area contributed by atoms with Crippen molar-refractivity contribution in [1.82, 2.24) is 15.1 Å². The molecule has 5 rings (SSSR count). The van der Waals surface area contributed by atoms with Gasteiger partial charge >= 0.3 is 0 Å². The van der Waals surface area contributed by atoms with Crippen molar-refractivity contribution >= 4 is 11.6 Å². The van der Waals surface area contributed by atoms with Crippen molar-refractivity contribution in [1.29, 1.82) is 0 Å². The predicted octanol–water partition coefficient (Wildman–Crippen LogP) is 3.81. The Morgan fingerprint density at radius 2 is 1.89 bits per heavy atom. The van der Waals surface area contributed by atoms with Crippen LogP contribution in [0, 0.1) is 0 Å².